The van der Waals surface area contributed by atoms with E-state index in [1.165, 1.54) is 0 Å². The van der Waals surface area contributed by atoms with Gasteiger partial charge in [-0.05, 0) is 37.3 Å². The Hall–Kier alpha value is -2.56. The summed E-state index contributed by atoms with van der Waals surface area (Å²) in [6.45, 7) is 1.94. The molecule has 0 aliphatic carbocycles. The van der Waals surface area contributed by atoms with Gasteiger partial charge in [0.2, 0.25) is 0 Å². The van der Waals surface area contributed by atoms with Gasteiger partial charge in [0.1, 0.15) is 18.1 Å². The third-order valence-corrected chi connectivity index (χ3v) is 3.48. The number of hydrogen-bond donors (Lipinski definition) is 0. The molecule has 0 N–H and O–H groups in total. The molecule has 0 bridgehead atoms. The number of rotatable bonds is 3. The molecule has 3 rings (SSSR count). The van der Waals surface area contributed by atoms with Crippen LogP contribution in [0.1, 0.15) is 16.8 Å². The van der Waals surface area contributed by atoms with Gasteiger partial charge in [0.15, 0.2) is 0 Å². The normalized spacial score (nSPS) is 11.7. The summed E-state index contributed by atoms with van der Waals surface area (Å²) in [4.78, 5) is 3.72. The number of pyridine rings is 1. The van der Waals surface area contributed by atoms with E-state index in [0.717, 1.165) is 11.6 Å². The molecule has 0 spiro atoms. The predicted molar refractivity (Wildman–Crippen MR) is 82.3 cm³/mol. The molecule has 0 fully saturated rings. The number of nitrogens with zero attached hydrogens (tertiary/aromatic N) is 1. The van der Waals surface area contributed by atoms with Crippen molar-refractivity contribution in [3.63, 3.8) is 0 Å². The first kappa shape index (κ1) is 15.3. The summed E-state index contributed by atoms with van der Waals surface area (Å²) in [6.07, 6.45) is -4.49. The van der Waals surface area contributed by atoms with E-state index in [4.69, 9.17) is 4.74 Å². The average molecular weight is 317 g/mol. The van der Waals surface area contributed by atoms with Crippen molar-refractivity contribution in [2.75, 3.05) is 0 Å². The third-order valence-electron chi connectivity index (χ3n) is 3.48. The molecule has 0 atom stereocenters. The fourth-order valence-electron chi connectivity index (χ4n) is 2.35. The Labute approximate surface area is 131 Å². The van der Waals surface area contributed by atoms with Crippen LogP contribution in [0.2, 0.25) is 0 Å². The molecule has 3 aromatic rings. The molecule has 1 heterocycles. The highest BCUT2D eigenvalue weighted by molar-refractivity contribution is 5.83. The summed E-state index contributed by atoms with van der Waals surface area (Å²) in [7, 11) is 0. The maximum atomic E-state index is 13.0. The van der Waals surface area contributed by atoms with Crippen molar-refractivity contribution in [3.8, 4) is 5.75 Å². The average Bonchev–Trinajstić information content (AvgIpc) is 2.52. The minimum atomic E-state index is -4.49. The molecule has 0 aliphatic heterocycles. The number of ether oxygens (including phenoxy) is 1. The summed E-state index contributed by atoms with van der Waals surface area (Å²) in [5.41, 5.74) is 0.840. The molecular formula is C18H14F3NO. The van der Waals surface area contributed by atoms with Crippen molar-refractivity contribution in [2.24, 2.45) is 0 Å². The van der Waals surface area contributed by atoms with Gasteiger partial charge >= 0.3 is 6.18 Å². The monoisotopic (exact) mass is 317 g/mol. The number of alkyl halides is 3. The Morgan fingerprint density at radius 3 is 2.43 bits per heavy atom. The van der Waals surface area contributed by atoms with E-state index in [1.807, 2.05) is 31.2 Å². The number of aryl methyl sites for hydroxylation is 1. The Balaban J connectivity index is 2.03. The maximum Gasteiger partial charge on any atom is 0.433 e. The second-order valence-electron chi connectivity index (χ2n) is 5.29. The third kappa shape index (κ3) is 3.44. The second-order valence-corrected chi connectivity index (χ2v) is 5.29. The Morgan fingerprint density at radius 2 is 1.74 bits per heavy atom. The van der Waals surface area contributed by atoms with Gasteiger partial charge in [0, 0.05) is 10.9 Å². The van der Waals surface area contributed by atoms with Gasteiger partial charge in [-0.25, -0.2) is 4.98 Å². The van der Waals surface area contributed by atoms with Crippen LogP contribution in [0.3, 0.4) is 0 Å². The minimum absolute atomic E-state index is 0.0512. The zero-order valence-corrected chi connectivity index (χ0v) is 12.4. The van der Waals surface area contributed by atoms with Crippen LogP contribution >= 0.6 is 0 Å². The van der Waals surface area contributed by atoms with Crippen molar-refractivity contribution in [3.05, 3.63) is 71.4 Å². The molecule has 23 heavy (non-hydrogen) atoms. The second kappa shape index (κ2) is 5.91. The SMILES string of the molecule is Cc1ccc2nc(C(F)(F)F)cc(COc3ccccc3)c2c1. The first-order chi connectivity index (χ1) is 10.9. The van der Waals surface area contributed by atoms with Crippen LogP contribution in [0.15, 0.2) is 54.6 Å². The summed E-state index contributed by atoms with van der Waals surface area (Å²) in [6, 6.07) is 15.2. The molecule has 5 heteroatoms. The van der Waals surface area contributed by atoms with E-state index < -0.39 is 11.9 Å². The summed E-state index contributed by atoms with van der Waals surface area (Å²) < 4.78 is 44.7. The Bertz CT molecular complexity index is 829. The van der Waals surface area contributed by atoms with Crippen LogP contribution in [0.25, 0.3) is 10.9 Å². The first-order valence-electron chi connectivity index (χ1n) is 7.09. The molecule has 2 nitrogen and oxygen atoms in total. The summed E-state index contributed by atoms with van der Waals surface area (Å²) in [5.74, 6) is 0.610. The Morgan fingerprint density at radius 1 is 1.00 bits per heavy atom. The van der Waals surface area contributed by atoms with Crippen LogP contribution in [0.5, 0.6) is 5.75 Å². The lowest BCUT2D eigenvalue weighted by Gasteiger charge is -2.13. The van der Waals surface area contributed by atoms with Gasteiger partial charge in [0.05, 0.1) is 5.52 Å². The topological polar surface area (TPSA) is 22.1 Å². The van der Waals surface area contributed by atoms with Gasteiger partial charge < -0.3 is 4.74 Å². The zero-order chi connectivity index (χ0) is 16.4. The van der Waals surface area contributed by atoms with E-state index in [9.17, 15) is 13.2 Å². The molecule has 0 amide bonds. The van der Waals surface area contributed by atoms with Crippen molar-refractivity contribution in [1.82, 2.24) is 4.98 Å². The number of para-hydroxylation sites is 1. The van der Waals surface area contributed by atoms with E-state index in [1.54, 1.807) is 24.3 Å². The number of aromatic nitrogens is 1. The van der Waals surface area contributed by atoms with Crippen molar-refractivity contribution >= 4 is 10.9 Å². The lowest BCUT2D eigenvalue weighted by atomic mass is 10.1. The summed E-state index contributed by atoms with van der Waals surface area (Å²) >= 11 is 0. The van der Waals surface area contributed by atoms with Crippen LogP contribution < -0.4 is 4.74 Å². The number of halogens is 3. The van der Waals surface area contributed by atoms with Crippen LogP contribution in [0, 0.1) is 6.92 Å². The van der Waals surface area contributed by atoms with E-state index in [-0.39, 0.29) is 6.61 Å². The van der Waals surface area contributed by atoms with Crippen molar-refractivity contribution in [1.29, 1.82) is 0 Å². The lowest BCUT2D eigenvalue weighted by molar-refractivity contribution is -0.141. The fourth-order valence-corrected chi connectivity index (χ4v) is 2.35. The van der Waals surface area contributed by atoms with Crippen molar-refractivity contribution in [2.45, 2.75) is 19.7 Å². The minimum Gasteiger partial charge on any atom is -0.489 e. The van der Waals surface area contributed by atoms with Gasteiger partial charge in [-0.1, -0.05) is 29.8 Å². The summed E-state index contributed by atoms with van der Waals surface area (Å²) in [5, 5.41) is 0.675. The van der Waals surface area contributed by atoms with E-state index >= 15 is 0 Å². The highest BCUT2D eigenvalue weighted by Gasteiger charge is 2.33. The quantitative estimate of drug-likeness (QED) is 0.667. The number of hydrogen-bond acceptors (Lipinski definition) is 2. The smallest absolute Gasteiger partial charge is 0.433 e. The van der Waals surface area contributed by atoms with Crippen LogP contribution in [-0.4, -0.2) is 4.98 Å². The Kier molecular flexibility index (Phi) is 3.94. The molecule has 0 saturated heterocycles. The molecule has 0 aliphatic rings. The molecule has 1 aromatic heterocycles. The lowest BCUT2D eigenvalue weighted by Crippen LogP contribution is -2.10. The molecule has 118 valence electrons. The molecule has 0 unspecified atom stereocenters. The fraction of sp³-hybridized carbons (Fsp3) is 0.167. The molecule has 0 saturated carbocycles. The maximum absolute atomic E-state index is 13.0. The van der Waals surface area contributed by atoms with E-state index in [2.05, 4.69) is 4.98 Å². The van der Waals surface area contributed by atoms with Crippen LogP contribution in [0.4, 0.5) is 13.2 Å². The van der Waals surface area contributed by atoms with Gasteiger partial charge in [-0.2, -0.15) is 13.2 Å². The molecular weight excluding hydrogens is 303 g/mol. The standard InChI is InChI=1S/C18H14F3NO/c1-12-7-8-16-15(9-12)13(10-17(22-16)18(19,20)21)11-23-14-5-3-2-4-6-14/h2-10H,11H2,1H3. The van der Waals surface area contributed by atoms with Crippen LogP contribution in [-0.2, 0) is 12.8 Å². The first-order valence-corrected chi connectivity index (χ1v) is 7.09. The largest absolute Gasteiger partial charge is 0.489 e. The zero-order valence-electron chi connectivity index (χ0n) is 12.4. The predicted octanol–water partition coefficient (Wildman–Crippen LogP) is 5.14. The van der Waals surface area contributed by atoms with Crippen molar-refractivity contribution < 1.29 is 17.9 Å². The van der Waals surface area contributed by atoms with E-state index in [0.29, 0.717) is 22.2 Å². The highest BCUT2D eigenvalue weighted by Crippen LogP contribution is 2.31. The van der Waals surface area contributed by atoms with Gasteiger partial charge in [-0.3, -0.25) is 0 Å². The van der Waals surface area contributed by atoms with Gasteiger partial charge in [-0.15, -0.1) is 0 Å². The van der Waals surface area contributed by atoms with Gasteiger partial charge in [0.25, 0.3) is 0 Å². The molecule has 2 aromatic carbocycles. The highest BCUT2D eigenvalue weighted by atomic mass is 19.4. The number of fused-ring (bicyclic) bond motifs is 1. The number of benzene rings is 2. The molecule has 0 radical (unpaired) electrons.